The molecule has 0 aromatic heterocycles. The molecule has 1 fully saturated rings. The first-order chi connectivity index (χ1) is 11.6. The van der Waals surface area contributed by atoms with Crippen LogP contribution < -0.4 is 10.6 Å². The number of rotatable bonds is 5. The van der Waals surface area contributed by atoms with Crippen molar-refractivity contribution >= 4 is 18.5 Å². The Balaban J connectivity index is 2.16. The molecule has 0 atom stereocenters. The van der Waals surface area contributed by atoms with E-state index in [1.165, 1.54) is 27.4 Å². The van der Waals surface area contributed by atoms with Gasteiger partial charge >= 0.3 is 0 Å². The molecular weight excluding hydrogens is 307 g/mol. The summed E-state index contributed by atoms with van der Waals surface area (Å²) in [5.41, 5.74) is 4.40. The Labute approximate surface area is 149 Å². The molecule has 3 rings (SSSR count). The van der Waals surface area contributed by atoms with Crippen LogP contribution in [-0.4, -0.2) is 0 Å². The van der Waals surface area contributed by atoms with E-state index in [2.05, 4.69) is 102 Å². The summed E-state index contributed by atoms with van der Waals surface area (Å²) in [7, 11) is -0.515. The van der Waals surface area contributed by atoms with Crippen LogP contribution in [0.4, 0.5) is 0 Å². The zero-order valence-corrected chi connectivity index (χ0v) is 15.9. The van der Waals surface area contributed by atoms with Gasteiger partial charge in [0.15, 0.2) is 0 Å². The molecule has 0 amide bonds. The third-order valence-electron chi connectivity index (χ3n) is 4.50. The second-order valence-corrected chi connectivity index (χ2v) is 9.06. The quantitative estimate of drug-likeness (QED) is 0.613. The van der Waals surface area contributed by atoms with Crippen LogP contribution in [0.2, 0.25) is 0 Å². The lowest BCUT2D eigenvalue weighted by Crippen LogP contribution is -2.23. The molecule has 0 bridgehead atoms. The minimum Gasteiger partial charge on any atom is -0.0619 e. The van der Waals surface area contributed by atoms with Gasteiger partial charge < -0.3 is 0 Å². The topological polar surface area (TPSA) is 0 Å². The van der Waals surface area contributed by atoms with Crippen LogP contribution in [0.25, 0.3) is 0 Å². The number of hydrogen-bond donors (Lipinski definition) is 0. The molecule has 1 aliphatic rings. The van der Waals surface area contributed by atoms with Crippen molar-refractivity contribution < 1.29 is 0 Å². The van der Waals surface area contributed by atoms with Crippen LogP contribution >= 0.6 is 7.92 Å². The molecule has 1 heteroatoms. The molecule has 0 heterocycles. The highest BCUT2D eigenvalue weighted by Crippen LogP contribution is 2.53. The summed E-state index contributed by atoms with van der Waals surface area (Å²) in [6.07, 6.45) is 8.92. The van der Waals surface area contributed by atoms with Crippen molar-refractivity contribution in [2.45, 2.75) is 39.5 Å². The molecule has 0 nitrogen and oxygen atoms in total. The Bertz CT molecular complexity index is 614. The molecule has 2 aromatic rings. The van der Waals surface area contributed by atoms with E-state index in [4.69, 9.17) is 0 Å². The van der Waals surface area contributed by atoms with Crippen LogP contribution in [0.15, 0.2) is 48.5 Å². The lowest BCUT2D eigenvalue weighted by molar-refractivity contribution is 0.871. The lowest BCUT2D eigenvalue weighted by Gasteiger charge is -2.30. The van der Waals surface area contributed by atoms with Crippen molar-refractivity contribution in [1.29, 1.82) is 0 Å². The molecule has 0 saturated heterocycles. The predicted molar refractivity (Wildman–Crippen MR) is 108 cm³/mol. The van der Waals surface area contributed by atoms with Crippen LogP contribution in [0, 0.1) is 31.3 Å². The van der Waals surface area contributed by atoms with Gasteiger partial charge in [-0.25, -0.2) is 0 Å². The van der Waals surface area contributed by atoms with E-state index in [0.717, 1.165) is 0 Å². The predicted octanol–water partition coefficient (Wildman–Crippen LogP) is 5.73. The highest BCUT2D eigenvalue weighted by molar-refractivity contribution is 7.76. The first-order valence-electron chi connectivity index (χ1n) is 8.79. The number of hydrogen-bond acceptors (Lipinski definition) is 0. The molecule has 0 spiro atoms. The third kappa shape index (κ3) is 3.60. The smallest absolute Gasteiger partial charge is 0.0161 e. The highest BCUT2D eigenvalue weighted by atomic mass is 31.1. The SMILES string of the molecule is CC(C)c1ccccc1P([C]1[CH][CH][CH][CH]1)c1ccccc1C(C)C. The van der Waals surface area contributed by atoms with Gasteiger partial charge in [-0.3, -0.25) is 0 Å². The summed E-state index contributed by atoms with van der Waals surface area (Å²) in [5.74, 6) is 1.07. The minimum atomic E-state index is -0.515. The molecule has 123 valence electrons. The fourth-order valence-corrected chi connectivity index (χ4v) is 6.22. The average Bonchev–Trinajstić information content (AvgIpc) is 3.10. The van der Waals surface area contributed by atoms with E-state index in [9.17, 15) is 0 Å². The zero-order chi connectivity index (χ0) is 17.1. The van der Waals surface area contributed by atoms with Crippen molar-refractivity contribution in [3.05, 3.63) is 91.0 Å². The van der Waals surface area contributed by atoms with Gasteiger partial charge in [-0.2, -0.15) is 0 Å². The van der Waals surface area contributed by atoms with E-state index in [0.29, 0.717) is 11.8 Å². The van der Waals surface area contributed by atoms with Gasteiger partial charge in [0.05, 0.1) is 0 Å². The summed E-state index contributed by atoms with van der Waals surface area (Å²) in [6, 6.07) is 18.0. The molecule has 0 unspecified atom stereocenters. The maximum absolute atomic E-state index is 2.34. The van der Waals surface area contributed by atoms with E-state index < -0.39 is 7.92 Å². The Kier molecular flexibility index (Phi) is 5.77. The van der Waals surface area contributed by atoms with Gasteiger partial charge in [0.25, 0.3) is 0 Å². The average molecular weight is 333 g/mol. The first kappa shape index (κ1) is 17.7. The normalized spacial score (nSPS) is 15.8. The molecule has 24 heavy (non-hydrogen) atoms. The Morgan fingerprint density at radius 2 is 1.04 bits per heavy atom. The highest BCUT2D eigenvalue weighted by Gasteiger charge is 2.32. The summed E-state index contributed by atoms with van der Waals surface area (Å²) >= 11 is 0. The van der Waals surface area contributed by atoms with Crippen molar-refractivity contribution in [3.8, 4) is 0 Å². The van der Waals surface area contributed by atoms with Gasteiger partial charge in [-0.1, -0.05) is 76.2 Å². The fraction of sp³-hybridized carbons (Fsp3) is 0.261. The van der Waals surface area contributed by atoms with Crippen LogP contribution in [-0.2, 0) is 0 Å². The Morgan fingerprint density at radius 1 is 0.625 bits per heavy atom. The molecule has 1 aliphatic carbocycles. The Hall–Kier alpha value is -1.13. The maximum atomic E-state index is 2.34. The maximum Gasteiger partial charge on any atom is 0.0161 e. The standard InChI is InChI=1S/C23H26P/c1-17(2)20-13-7-9-15-22(20)24(19-11-5-6-12-19)23-16-10-8-14-21(23)18(3)4/h5-18H,1-4H3. The zero-order valence-electron chi connectivity index (χ0n) is 15.0. The monoisotopic (exact) mass is 333 g/mol. The van der Waals surface area contributed by atoms with Crippen LogP contribution in [0.3, 0.4) is 0 Å². The Morgan fingerprint density at radius 3 is 1.46 bits per heavy atom. The second kappa shape index (κ2) is 7.83. The summed E-state index contributed by atoms with van der Waals surface area (Å²) in [4.78, 5) is 0. The fourth-order valence-electron chi connectivity index (χ4n) is 3.28. The van der Waals surface area contributed by atoms with Crippen LogP contribution in [0.5, 0.6) is 0 Å². The number of benzene rings is 2. The minimum absolute atomic E-state index is 0.515. The first-order valence-corrected chi connectivity index (χ1v) is 10.1. The van der Waals surface area contributed by atoms with Gasteiger partial charge in [0.2, 0.25) is 0 Å². The largest absolute Gasteiger partial charge is 0.0619 e. The summed E-state index contributed by atoms with van der Waals surface area (Å²) < 4.78 is 0. The molecule has 0 aliphatic heterocycles. The van der Waals surface area contributed by atoms with E-state index in [1.54, 1.807) is 0 Å². The van der Waals surface area contributed by atoms with Crippen molar-refractivity contribution in [2.24, 2.45) is 0 Å². The molecule has 0 N–H and O–H groups in total. The lowest BCUT2D eigenvalue weighted by atomic mass is 10.0. The van der Waals surface area contributed by atoms with E-state index in [-0.39, 0.29) is 0 Å². The third-order valence-corrected chi connectivity index (χ3v) is 7.10. The molecule has 1 saturated carbocycles. The molecule has 5 radical (unpaired) electrons. The molecule has 2 aromatic carbocycles. The van der Waals surface area contributed by atoms with Crippen LogP contribution in [0.1, 0.15) is 50.7 Å². The van der Waals surface area contributed by atoms with Gasteiger partial charge in [-0.15, -0.1) is 0 Å². The molecular formula is C23H26P. The van der Waals surface area contributed by atoms with Gasteiger partial charge in [0, 0.05) is 5.66 Å². The van der Waals surface area contributed by atoms with Gasteiger partial charge in [-0.05, 0) is 67.2 Å². The summed E-state index contributed by atoms with van der Waals surface area (Å²) in [5, 5.41) is 3.00. The van der Waals surface area contributed by atoms with Crippen molar-refractivity contribution in [1.82, 2.24) is 0 Å². The second-order valence-electron chi connectivity index (χ2n) is 6.91. The van der Waals surface area contributed by atoms with E-state index in [1.807, 2.05) is 0 Å². The summed E-state index contributed by atoms with van der Waals surface area (Å²) in [6.45, 7) is 9.19. The van der Waals surface area contributed by atoms with E-state index >= 15 is 0 Å². The van der Waals surface area contributed by atoms with Gasteiger partial charge in [0.1, 0.15) is 0 Å². The van der Waals surface area contributed by atoms with Crippen molar-refractivity contribution in [2.75, 3.05) is 0 Å². The van der Waals surface area contributed by atoms with Crippen molar-refractivity contribution in [3.63, 3.8) is 0 Å².